The van der Waals surface area contributed by atoms with Gasteiger partial charge in [-0.05, 0) is 44.4 Å². The van der Waals surface area contributed by atoms with Gasteiger partial charge in [-0.15, -0.1) is 0 Å². The molecule has 1 aromatic rings. The standard InChI is InChI=1S/C17H24N2O2/c1-6-12(2)15(19-16(20)21-17(3,4)5)14-9-7-13(11-18)8-10-14/h7-10,12,15H,6H2,1-5H3,(H,19,20)/t12-,15-/m0/s1. The molecule has 0 fully saturated rings. The Morgan fingerprint density at radius 1 is 1.33 bits per heavy atom. The number of carbonyl (C=O) groups is 1. The first-order valence-electron chi connectivity index (χ1n) is 7.26. The molecule has 1 aromatic carbocycles. The summed E-state index contributed by atoms with van der Waals surface area (Å²) in [7, 11) is 0. The minimum Gasteiger partial charge on any atom is -0.444 e. The molecule has 0 spiro atoms. The number of alkyl carbamates (subject to hydrolysis) is 1. The number of carbonyl (C=O) groups excluding carboxylic acids is 1. The maximum Gasteiger partial charge on any atom is 0.408 e. The van der Waals surface area contributed by atoms with Crippen molar-refractivity contribution in [1.29, 1.82) is 5.26 Å². The summed E-state index contributed by atoms with van der Waals surface area (Å²) in [6, 6.07) is 9.26. The smallest absolute Gasteiger partial charge is 0.408 e. The molecule has 0 aromatic heterocycles. The van der Waals surface area contributed by atoms with Crippen LogP contribution in [-0.2, 0) is 4.74 Å². The predicted octanol–water partition coefficient (Wildman–Crippen LogP) is 4.17. The molecule has 1 rings (SSSR count). The minimum absolute atomic E-state index is 0.127. The predicted molar refractivity (Wildman–Crippen MR) is 82.7 cm³/mol. The van der Waals surface area contributed by atoms with E-state index in [1.54, 1.807) is 12.1 Å². The molecule has 114 valence electrons. The lowest BCUT2D eigenvalue weighted by atomic mass is 9.92. The molecule has 0 radical (unpaired) electrons. The normalized spacial score (nSPS) is 13.9. The van der Waals surface area contributed by atoms with Gasteiger partial charge in [0, 0.05) is 0 Å². The van der Waals surface area contributed by atoms with Crippen molar-refractivity contribution in [3.8, 4) is 6.07 Å². The fourth-order valence-electron chi connectivity index (χ4n) is 1.99. The summed E-state index contributed by atoms with van der Waals surface area (Å²) >= 11 is 0. The van der Waals surface area contributed by atoms with E-state index >= 15 is 0 Å². The van der Waals surface area contributed by atoms with E-state index in [9.17, 15) is 4.79 Å². The number of nitriles is 1. The Morgan fingerprint density at radius 3 is 2.33 bits per heavy atom. The van der Waals surface area contributed by atoms with Crippen molar-refractivity contribution >= 4 is 6.09 Å². The van der Waals surface area contributed by atoms with Crippen LogP contribution in [0.5, 0.6) is 0 Å². The monoisotopic (exact) mass is 288 g/mol. The van der Waals surface area contributed by atoms with E-state index in [1.165, 1.54) is 0 Å². The fraction of sp³-hybridized carbons (Fsp3) is 0.529. The second kappa shape index (κ2) is 7.12. The van der Waals surface area contributed by atoms with Crippen LogP contribution < -0.4 is 5.32 Å². The van der Waals surface area contributed by atoms with Crippen LogP contribution in [0, 0.1) is 17.2 Å². The van der Waals surface area contributed by atoms with E-state index in [4.69, 9.17) is 10.00 Å². The number of hydrogen-bond acceptors (Lipinski definition) is 3. The highest BCUT2D eigenvalue weighted by Crippen LogP contribution is 2.25. The molecule has 1 N–H and O–H groups in total. The Morgan fingerprint density at radius 2 is 1.90 bits per heavy atom. The van der Waals surface area contributed by atoms with Gasteiger partial charge in [0.25, 0.3) is 0 Å². The van der Waals surface area contributed by atoms with Crippen molar-refractivity contribution in [1.82, 2.24) is 5.32 Å². The third kappa shape index (κ3) is 5.47. The Balaban J connectivity index is 2.90. The lowest BCUT2D eigenvalue weighted by Crippen LogP contribution is -2.37. The van der Waals surface area contributed by atoms with Crippen molar-refractivity contribution in [3.05, 3.63) is 35.4 Å². The molecule has 0 aliphatic heterocycles. The van der Waals surface area contributed by atoms with Crippen LogP contribution in [0.25, 0.3) is 0 Å². The molecule has 0 saturated heterocycles. The van der Waals surface area contributed by atoms with Gasteiger partial charge in [0.1, 0.15) is 5.60 Å². The maximum atomic E-state index is 12.0. The SMILES string of the molecule is CC[C@H](C)[C@H](NC(=O)OC(C)(C)C)c1ccc(C#N)cc1. The van der Waals surface area contributed by atoms with E-state index in [-0.39, 0.29) is 12.0 Å². The maximum absolute atomic E-state index is 12.0. The number of hydrogen-bond donors (Lipinski definition) is 1. The average molecular weight is 288 g/mol. The minimum atomic E-state index is -0.519. The van der Waals surface area contributed by atoms with Gasteiger partial charge in [0.05, 0.1) is 17.7 Å². The second-order valence-electron chi connectivity index (χ2n) is 6.24. The zero-order chi connectivity index (χ0) is 16.0. The molecule has 0 heterocycles. The van der Waals surface area contributed by atoms with Crippen molar-refractivity contribution in [2.75, 3.05) is 0 Å². The Kier molecular flexibility index (Phi) is 5.78. The van der Waals surface area contributed by atoms with Crippen LogP contribution in [0.1, 0.15) is 58.2 Å². The van der Waals surface area contributed by atoms with Gasteiger partial charge in [-0.3, -0.25) is 0 Å². The van der Waals surface area contributed by atoms with E-state index in [0.717, 1.165) is 12.0 Å². The number of amides is 1. The van der Waals surface area contributed by atoms with Gasteiger partial charge in [-0.1, -0.05) is 32.4 Å². The summed E-state index contributed by atoms with van der Waals surface area (Å²) in [5.74, 6) is 0.269. The third-order valence-corrected chi connectivity index (χ3v) is 3.28. The first kappa shape index (κ1) is 17.0. The summed E-state index contributed by atoms with van der Waals surface area (Å²) < 4.78 is 5.33. The van der Waals surface area contributed by atoms with Crippen LogP contribution in [0.2, 0.25) is 0 Å². The zero-order valence-electron chi connectivity index (χ0n) is 13.4. The van der Waals surface area contributed by atoms with Gasteiger partial charge in [0.2, 0.25) is 0 Å². The van der Waals surface area contributed by atoms with Gasteiger partial charge < -0.3 is 10.1 Å². The topological polar surface area (TPSA) is 62.1 Å². The molecule has 21 heavy (non-hydrogen) atoms. The zero-order valence-corrected chi connectivity index (χ0v) is 13.4. The quantitative estimate of drug-likeness (QED) is 0.904. The lowest BCUT2D eigenvalue weighted by molar-refractivity contribution is 0.0486. The van der Waals surface area contributed by atoms with Crippen molar-refractivity contribution in [2.24, 2.45) is 5.92 Å². The summed E-state index contributed by atoms with van der Waals surface area (Å²) in [6.45, 7) is 9.68. The van der Waals surface area contributed by atoms with E-state index in [0.29, 0.717) is 5.56 Å². The Labute approximate surface area is 127 Å². The fourth-order valence-corrected chi connectivity index (χ4v) is 1.99. The largest absolute Gasteiger partial charge is 0.444 e. The molecule has 4 heteroatoms. The van der Waals surface area contributed by atoms with E-state index < -0.39 is 11.7 Å². The van der Waals surface area contributed by atoms with Gasteiger partial charge >= 0.3 is 6.09 Å². The summed E-state index contributed by atoms with van der Waals surface area (Å²) in [5.41, 5.74) is 1.07. The number of nitrogens with one attached hydrogen (secondary N) is 1. The highest BCUT2D eigenvalue weighted by atomic mass is 16.6. The van der Waals surface area contributed by atoms with Crippen LogP contribution >= 0.6 is 0 Å². The summed E-state index contributed by atoms with van der Waals surface area (Å²) in [4.78, 5) is 12.0. The molecular weight excluding hydrogens is 264 g/mol. The van der Waals surface area contributed by atoms with E-state index in [2.05, 4.69) is 25.2 Å². The van der Waals surface area contributed by atoms with Crippen molar-refractivity contribution in [2.45, 2.75) is 52.7 Å². The van der Waals surface area contributed by atoms with Crippen LogP contribution in [-0.4, -0.2) is 11.7 Å². The summed E-state index contributed by atoms with van der Waals surface area (Å²) in [6.07, 6.45) is 0.512. The molecular formula is C17H24N2O2. The van der Waals surface area contributed by atoms with Gasteiger partial charge in [-0.2, -0.15) is 5.26 Å². The van der Waals surface area contributed by atoms with Crippen molar-refractivity contribution in [3.63, 3.8) is 0 Å². The summed E-state index contributed by atoms with van der Waals surface area (Å²) in [5, 5.41) is 11.8. The van der Waals surface area contributed by atoms with E-state index in [1.807, 2.05) is 32.9 Å². The Hall–Kier alpha value is -2.02. The number of benzene rings is 1. The van der Waals surface area contributed by atoms with Gasteiger partial charge in [-0.25, -0.2) is 4.79 Å². The van der Waals surface area contributed by atoms with Crippen LogP contribution in [0.3, 0.4) is 0 Å². The van der Waals surface area contributed by atoms with Crippen LogP contribution in [0.4, 0.5) is 4.79 Å². The molecule has 2 atom stereocenters. The highest BCUT2D eigenvalue weighted by molar-refractivity contribution is 5.68. The van der Waals surface area contributed by atoms with Crippen molar-refractivity contribution < 1.29 is 9.53 Å². The lowest BCUT2D eigenvalue weighted by Gasteiger charge is -2.27. The van der Waals surface area contributed by atoms with Gasteiger partial charge in [0.15, 0.2) is 0 Å². The first-order valence-corrected chi connectivity index (χ1v) is 7.26. The molecule has 0 aliphatic rings. The first-order chi connectivity index (χ1) is 9.76. The van der Waals surface area contributed by atoms with Crippen LogP contribution in [0.15, 0.2) is 24.3 Å². The molecule has 4 nitrogen and oxygen atoms in total. The molecule has 0 unspecified atom stereocenters. The average Bonchev–Trinajstić information content (AvgIpc) is 2.42. The molecule has 1 amide bonds. The third-order valence-electron chi connectivity index (χ3n) is 3.28. The Bertz CT molecular complexity index is 509. The molecule has 0 aliphatic carbocycles. The molecule has 0 saturated carbocycles. The number of ether oxygens (including phenoxy) is 1. The molecule has 0 bridgehead atoms. The number of rotatable bonds is 4. The highest BCUT2D eigenvalue weighted by Gasteiger charge is 2.23. The second-order valence-corrected chi connectivity index (χ2v) is 6.24. The number of nitrogens with zero attached hydrogens (tertiary/aromatic N) is 1.